The molecule has 2 N–H and O–H groups in total. The first kappa shape index (κ1) is 74.3. The van der Waals surface area contributed by atoms with E-state index in [2.05, 4.69) is 412 Å². The second-order valence-electron chi connectivity index (χ2n) is 29.2. The number of benzene rings is 16. The van der Waals surface area contributed by atoms with Gasteiger partial charge in [-0.3, -0.25) is 15.0 Å². The van der Waals surface area contributed by atoms with E-state index in [-0.39, 0.29) is 0 Å². The Kier molecular flexibility index (Phi) is 22.0. The molecule has 554 valence electrons. The van der Waals surface area contributed by atoms with Crippen LogP contribution in [0.4, 0.5) is 22.7 Å². The summed E-state index contributed by atoms with van der Waals surface area (Å²) >= 11 is 3.69. The minimum absolute atomic E-state index is 0.850. The third-order valence-electron chi connectivity index (χ3n) is 21.5. The zero-order valence-corrected chi connectivity index (χ0v) is 66.3. The lowest BCUT2D eigenvalue weighted by atomic mass is 9.94. The molecule has 0 amide bonds. The first-order valence-corrected chi connectivity index (χ1v) is 40.0. The highest BCUT2D eigenvalue weighted by Gasteiger charge is 2.22. The van der Waals surface area contributed by atoms with Gasteiger partial charge in [0.2, 0.25) is 0 Å². The van der Waals surface area contributed by atoms with Gasteiger partial charge in [0.1, 0.15) is 0 Å². The fourth-order valence-electron chi connectivity index (χ4n) is 15.4. The van der Waals surface area contributed by atoms with Crippen LogP contribution in [0.15, 0.2) is 436 Å². The summed E-state index contributed by atoms with van der Waals surface area (Å²) in [4.78, 5) is 17.5. The summed E-state index contributed by atoms with van der Waals surface area (Å²) in [6.45, 7) is 6.42. The summed E-state index contributed by atoms with van der Waals surface area (Å²) in [6, 6.07) is 146. The molecular formula is C110H82BrN5. The molecule has 0 spiro atoms. The topological polar surface area (TPSA) is 67.9 Å². The van der Waals surface area contributed by atoms with Crippen LogP contribution < -0.4 is 10.6 Å². The summed E-state index contributed by atoms with van der Waals surface area (Å²) in [5.41, 5.74) is 40.1. The average Bonchev–Trinajstić information content (AvgIpc) is 0.742. The van der Waals surface area contributed by atoms with Crippen LogP contribution in [0.3, 0.4) is 0 Å². The van der Waals surface area contributed by atoms with Gasteiger partial charge in [0.15, 0.2) is 0 Å². The van der Waals surface area contributed by atoms with Crippen molar-refractivity contribution in [2.75, 3.05) is 10.6 Å². The molecule has 0 atom stereocenters. The van der Waals surface area contributed by atoms with Crippen molar-refractivity contribution >= 4 is 60.2 Å². The monoisotopic (exact) mass is 1550 g/mol. The number of aryl methyl sites for hydroxylation is 3. The summed E-state index contributed by atoms with van der Waals surface area (Å²) in [7, 11) is 0. The predicted molar refractivity (Wildman–Crippen MR) is 494 cm³/mol. The van der Waals surface area contributed by atoms with Crippen LogP contribution in [0.1, 0.15) is 16.7 Å². The maximum absolute atomic E-state index is 5.76. The zero-order valence-electron chi connectivity index (χ0n) is 64.7. The molecule has 0 radical (unpaired) electrons. The van der Waals surface area contributed by atoms with Crippen LogP contribution >= 0.6 is 15.9 Å². The second-order valence-corrected chi connectivity index (χ2v) is 30.2. The molecule has 0 saturated carbocycles. The summed E-state index contributed by atoms with van der Waals surface area (Å²) in [5, 5.41) is 4.64. The lowest BCUT2D eigenvalue weighted by Gasteiger charge is -2.29. The number of pyridine rings is 3. The number of nitrogens with two attached hydrogens (primary N) is 1. The highest BCUT2D eigenvalue weighted by Crippen LogP contribution is 2.46. The maximum atomic E-state index is 5.76. The zero-order chi connectivity index (χ0) is 78.7. The van der Waals surface area contributed by atoms with Crippen molar-refractivity contribution in [1.29, 1.82) is 0 Å². The van der Waals surface area contributed by atoms with E-state index in [4.69, 9.17) is 20.7 Å². The third-order valence-corrected chi connectivity index (χ3v) is 22.0. The van der Waals surface area contributed by atoms with Crippen LogP contribution in [0.5, 0.6) is 0 Å². The van der Waals surface area contributed by atoms with Crippen molar-refractivity contribution in [2.24, 2.45) is 0 Å². The second kappa shape index (κ2) is 34.3. The maximum Gasteiger partial charge on any atom is 0.0709 e. The van der Waals surface area contributed by atoms with E-state index in [1.165, 1.54) is 66.6 Å². The van der Waals surface area contributed by atoms with Gasteiger partial charge in [-0.15, -0.1) is 0 Å². The van der Waals surface area contributed by atoms with Crippen LogP contribution in [-0.4, -0.2) is 15.0 Å². The molecule has 0 bridgehead atoms. The standard InChI is InChI=1S/C70H51N3.C30H22BrN.C10H9N/c1-48-46-71-68(44-66(48)57-34-30-54(31-35-57)50-18-7-3-8-19-50)61-38-59(52-22-11-5-12-23-52)40-63(42-61)73(70-29-17-27-56-26-15-16-28-65(56)70)64-41-60(53-24-13-6-14-25-53)39-62(43-64)69-45-67(49(2)47-72-69)58-36-32-55(33-37-58)51-20-9-4-10-21-51;1-21-20-32-30(27-16-26(17-28(31)18-27)23-10-6-3-7-11-23)19-29(21)25-14-12-24(13-15-25)22-8-4-2-5-9-22;11-10-7-3-5-8-4-1-2-6-9(8)10/h3-47H,1-2H3;2-20H,1H3;1-7H,11H2. The molecular weight excluding hydrogens is 1470 g/mol. The van der Waals surface area contributed by atoms with Gasteiger partial charge >= 0.3 is 0 Å². The Hall–Kier alpha value is -14.4. The fraction of sp³-hybridized carbons (Fsp3) is 0.0273. The van der Waals surface area contributed by atoms with Crippen molar-refractivity contribution in [2.45, 2.75) is 20.8 Å². The molecule has 0 unspecified atom stereocenters. The Bertz CT molecular complexity index is 6410. The smallest absolute Gasteiger partial charge is 0.0709 e. The van der Waals surface area contributed by atoms with Crippen molar-refractivity contribution in [1.82, 2.24) is 15.0 Å². The Balaban J connectivity index is 0.000000183. The number of nitrogens with zero attached hydrogens (tertiary/aromatic N) is 4. The van der Waals surface area contributed by atoms with Crippen LogP contribution in [0.25, 0.3) is 155 Å². The fourth-order valence-corrected chi connectivity index (χ4v) is 15.9. The molecule has 6 heteroatoms. The van der Waals surface area contributed by atoms with Crippen molar-refractivity contribution < 1.29 is 0 Å². The molecule has 3 heterocycles. The van der Waals surface area contributed by atoms with Crippen LogP contribution in [0.2, 0.25) is 0 Å². The Morgan fingerprint density at radius 3 is 0.845 bits per heavy atom. The van der Waals surface area contributed by atoms with Gasteiger partial charge in [-0.05, 0) is 233 Å². The number of nitrogen functional groups attached to an aromatic ring is 1. The number of hydrogen-bond donors (Lipinski definition) is 1. The molecule has 19 aromatic rings. The Morgan fingerprint density at radius 1 is 0.224 bits per heavy atom. The van der Waals surface area contributed by atoms with Crippen molar-refractivity contribution in [3.63, 3.8) is 0 Å². The normalized spacial score (nSPS) is 11.0. The molecule has 3 aromatic heterocycles. The van der Waals surface area contributed by atoms with Crippen LogP contribution in [-0.2, 0) is 0 Å². The van der Waals surface area contributed by atoms with E-state index in [9.17, 15) is 0 Å². The van der Waals surface area contributed by atoms with Gasteiger partial charge in [-0.1, -0.05) is 344 Å². The van der Waals surface area contributed by atoms with Gasteiger partial charge in [0.05, 0.1) is 22.8 Å². The van der Waals surface area contributed by atoms with Gasteiger partial charge < -0.3 is 10.6 Å². The Labute approximate surface area is 687 Å². The lowest BCUT2D eigenvalue weighted by molar-refractivity contribution is 1.25. The quantitative estimate of drug-likeness (QED) is 0.104. The highest BCUT2D eigenvalue weighted by atomic mass is 79.9. The van der Waals surface area contributed by atoms with E-state index in [1.807, 2.05) is 61.1 Å². The molecule has 116 heavy (non-hydrogen) atoms. The molecule has 0 aliphatic heterocycles. The largest absolute Gasteiger partial charge is 0.398 e. The molecule has 16 aromatic carbocycles. The van der Waals surface area contributed by atoms with Gasteiger partial charge in [-0.25, -0.2) is 0 Å². The van der Waals surface area contributed by atoms with E-state index in [0.29, 0.717) is 0 Å². The predicted octanol–water partition coefficient (Wildman–Crippen LogP) is 30.3. The average molecular weight is 1550 g/mol. The van der Waals surface area contributed by atoms with Crippen molar-refractivity contribution in [3.8, 4) is 134 Å². The first-order valence-electron chi connectivity index (χ1n) is 39.2. The molecule has 0 saturated heterocycles. The van der Waals surface area contributed by atoms with Crippen molar-refractivity contribution in [3.05, 3.63) is 452 Å². The van der Waals surface area contributed by atoms with Gasteiger partial charge in [-0.2, -0.15) is 0 Å². The Morgan fingerprint density at radius 2 is 0.483 bits per heavy atom. The van der Waals surface area contributed by atoms with E-state index in [1.54, 1.807) is 0 Å². The molecule has 0 fully saturated rings. The number of aromatic nitrogens is 3. The number of anilines is 4. The number of hydrogen-bond acceptors (Lipinski definition) is 5. The number of rotatable bonds is 15. The lowest BCUT2D eigenvalue weighted by Crippen LogP contribution is -2.11. The van der Waals surface area contributed by atoms with E-state index < -0.39 is 0 Å². The van der Waals surface area contributed by atoms with E-state index >= 15 is 0 Å². The SMILES string of the molecule is Cc1cnc(-c2cc(-c3ccccc3)cc(N(c3cc(-c4ccccc4)cc(-c4cc(-c5ccc(-c6ccccc6)cc5)c(C)cn4)c3)c3cccc4ccccc34)c2)cc1-c1ccc(-c2ccccc2)cc1.Cc1cnc(-c2cc(Br)cc(-c3ccccc3)c2)cc1-c1ccc(-c2ccccc2)cc1.Nc1cccc2ccccc12. The molecule has 5 nitrogen and oxygen atoms in total. The summed E-state index contributed by atoms with van der Waals surface area (Å²) < 4.78 is 1.05. The summed E-state index contributed by atoms with van der Waals surface area (Å²) in [5.74, 6) is 0. The minimum atomic E-state index is 0.850. The number of halogens is 1. The van der Waals surface area contributed by atoms with Gasteiger partial charge in [0.25, 0.3) is 0 Å². The van der Waals surface area contributed by atoms with Crippen LogP contribution in [0, 0.1) is 20.8 Å². The first-order chi connectivity index (χ1) is 57.0. The highest BCUT2D eigenvalue weighted by molar-refractivity contribution is 9.10. The molecule has 19 rings (SSSR count). The molecule has 0 aliphatic carbocycles. The van der Waals surface area contributed by atoms with Gasteiger partial charge in [0, 0.05) is 67.6 Å². The third kappa shape index (κ3) is 16.7. The molecule has 0 aliphatic rings. The number of fused-ring (bicyclic) bond motifs is 2. The van der Waals surface area contributed by atoms with E-state index in [0.717, 1.165) is 133 Å². The minimum Gasteiger partial charge on any atom is -0.398 e. The summed E-state index contributed by atoms with van der Waals surface area (Å²) in [6.07, 6.45) is 6.01.